The highest BCUT2D eigenvalue weighted by molar-refractivity contribution is 6.32. The number of phenols is 1. The number of phenolic OH excluding ortho intramolecular Hbond substituents is 1. The molecule has 0 saturated carbocycles. The molecule has 1 aromatic carbocycles. The van der Waals surface area contributed by atoms with Crippen LogP contribution in [0.4, 0.5) is 5.69 Å². The number of anilines is 1. The van der Waals surface area contributed by atoms with Gasteiger partial charge in [0.2, 0.25) is 0 Å². The molecule has 0 radical (unpaired) electrons. The van der Waals surface area contributed by atoms with Crippen LogP contribution in [0, 0.1) is 0 Å². The topological polar surface area (TPSA) is 76.4 Å². The van der Waals surface area contributed by atoms with E-state index in [1.54, 1.807) is 18.2 Å². The van der Waals surface area contributed by atoms with Crippen molar-refractivity contribution < 1.29 is 9.84 Å². The van der Waals surface area contributed by atoms with Gasteiger partial charge in [-0.05, 0) is 31.0 Å². The summed E-state index contributed by atoms with van der Waals surface area (Å²) in [5.74, 6) is 0.575. The first kappa shape index (κ1) is 19.1. The van der Waals surface area contributed by atoms with Gasteiger partial charge in [-0.3, -0.25) is 4.79 Å². The number of ether oxygens (including phenoxy) is 1. The Kier molecular flexibility index (Phi) is 7.13. The molecule has 1 aromatic heterocycles. The fourth-order valence-electron chi connectivity index (χ4n) is 2.33. The fourth-order valence-corrected chi connectivity index (χ4v) is 2.54. The lowest BCUT2D eigenvalue weighted by atomic mass is 10.2. The van der Waals surface area contributed by atoms with Crippen molar-refractivity contribution in [3.05, 3.63) is 45.3 Å². The van der Waals surface area contributed by atoms with Crippen LogP contribution in [0.25, 0.3) is 0 Å². The van der Waals surface area contributed by atoms with E-state index in [1.807, 2.05) is 6.92 Å². The van der Waals surface area contributed by atoms with Gasteiger partial charge in [0, 0.05) is 13.1 Å². The Balaban J connectivity index is 2.03. The quantitative estimate of drug-likeness (QED) is 0.661. The molecule has 136 valence electrons. The van der Waals surface area contributed by atoms with E-state index < -0.39 is 0 Å². The lowest BCUT2D eigenvalue weighted by Gasteiger charge is -2.12. The van der Waals surface area contributed by atoms with Crippen LogP contribution in [0.1, 0.15) is 38.7 Å². The van der Waals surface area contributed by atoms with Crippen LogP contribution in [-0.2, 0) is 13.1 Å². The number of unbranched alkanes of at least 4 members (excludes halogenated alkanes) is 2. The van der Waals surface area contributed by atoms with Gasteiger partial charge < -0.3 is 15.2 Å². The van der Waals surface area contributed by atoms with Crippen LogP contribution in [0.5, 0.6) is 11.5 Å². The van der Waals surface area contributed by atoms with Gasteiger partial charge in [0.1, 0.15) is 5.02 Å². The summed E-state index contributed by atoms with van der Waals surface area (Å²) in [6.45, 7) is 5.43. The maximum absolute atomic E-state index is 12.0. The van der Waals surface area contributed by atoms with E-state index in [4.69, 9.17) is 16.3 Å². The molecule has 1 heterocycles. The minimum atomic E-state index is -0.320. The second-order valence-electron chi connectivity index (χ2n) is 5.70. The smallest absolute Gasteiger partial charge is 0.287 e. The molecule has 0 aliphatic carbocycles. The van der Waals surface area contributed by atoms with E-state index in [1.165, 1.54) is 10.9 Å². The highest BCUT2D eigenvalue weighted by Crippen LogP contribution is 2.27. The number of hydrogen-bond donors (Lipinski definition) is 2. The zero-order valence-corrected chi connectivity index (χ0v) is 15.3. The number of benzene rings is 1. The van der Waals surface area contributed by atoms with Gasteiger partial charge in [0.05, 0.1) is 18.5 Å². The van der Waals surface area contributed by atoms with Crippen LogP contribution < -0.4 is 15.6 Å². The van der Waals surface area contributed by atoms with Crippen molar-refractivity contribution in [3.63, 3.8) is 0 Å². The van der Waals surface area contributed by atoms with Gasteiger partial charge in [-0.15, -0.1) is 0 Å². The summed E-state index contributed by atoms with van der Waals surface area (Å²) in [6, 6.07) is 5.17. The molecule has 0 fully saturated rings. The maximum atomic E-state index is 12.0. The van der Waals surface area contributed by atoms with Crippen molar-refractivity contribution in [2.24, 2.45) is 0 Å². The average molecular weight is 366 g/mol. The SMILES string of the molecule is CCCCCOc1cc(CNc2cnn(CC)c(=O)c2Cl)ccc1O. The summed E-state index contributed by atoms with van der Waals surface area (Å²) >= 11 is 6.10. The molecule has 0 amide bonds. The van der Waals surface area contributed by atoms with E-state index in [9.17, 15) is 9.90 Å². The van der Waals surface area contributed by atoms with Crippen molar-refractivity contribution in [2.75, 3.05) is 11.9 Å². The third-order valence-electron chi connectivity index (χ3n) is 3.80. The summed E-state index contributed by atoms with van der Waals surface area (Å²) in [5.41, 5.74) is 1.06. The van der Waals surface area contributed by atoms with E-state index in [0.29, 0.717) is 31.1 Å². The Bertz CT molecular complexity index is 762. The molecule has 6 nitrogen and oxygen atoms in total. The van der Waals surface area contributed by atoms with Crippen LogP contribution in [0.15, 0.2) is 29.2 Å². The average Bonchev–Trinajstić information content (AvgIpc) is 2.62. The molecule has 0 atom stereocenters. The molecule has 0 unspecified atom stereocenters. The molecular weight excluding hydrogens is 342 g/mol. The van der Waals surface area contributed by atoms with Crippen LogP contribution in [0.2, 0.25) is 5.02 Å². The first-order valence-corrected chi connectivity index (χ1v) is 8.88. The van der Waals surface area contributed by atoms with E-state index >= 15 is 0 Å². The standard InChI is InChI=1S/C18H24ClN3O3/c1-3-5-6-9-25-16-10-13(7-8-15(16)23)11-20-14-12-21-22(4-2)18(24)17(14)19/h7-8,10,12,20,23H,3-6,9,11H2,1-2H3. The molecule has 0 bridgehead atoms. The van der Waals surface area contributed by atoms with Crippen LogP contribution in [-0.4, -0.2) is 21.5 Å². The number of nitrogens with zero attached hydrogens (tertiary/aromatic N) is 2. The Morgan fingerprint density at radius 1 is 1.32 bits per heavy atom. The Morgan fingerprint density at radius 3 is 2.84 bits per heavy atom. The fraction of sp³-hybridized carbons (Fsp3) is 0.444. The van der Waals surface area contributed by atoms with E-state index in [2.05, 4.69) is 17.3 Å². The second-order valence-corrected chi connectivity index (χ2v) is 6.08. The summed E-state index contributed by atoms with van der Waals surface area (Å²) in [7, 11) is 0. The first-order chi connectivity index (χ1) is 12.1. The van der Waals surface area contributed by atoms with Crippen molar-refractivity contribution in [1.29, 1.82) is 0 Å². The van der Waals surface area contributed by atoms with E-state index in [0.717, 1.165) is 24.8 Å². The van der Waals surface area contributed by atoms with Crippen molar-refractivity contribution in [3.8, 4) is 11.5 Å². The number of nitrogens with one attached hydrogen (secondary N) is 1. The number of halogens is 1. The first-order valence-electron chi connectivity index (χ1n) is 8.51. The molecular formula is C18H24ClN3O3. The third kappa shape index (κ3) is 5.13. The van der Waals surface area contributed by atoms with Crippen LogP contribution >= 0.6 is 11.6 Å². The number of hydrogen-bond acceptors (Lipinski definition) is 5. The summed E-state index contributed by atoms with van der Waals surface area (Å²) in [6.07, 6.45) is 4.70. The predicted molar refractivity (Wildman–Crippen MR) is 99.6 cm³/mol. The summed E-state index contributed by atoms with van der Waals surface area (Å²) in [5, 5.41) is 17.2. The maximum Gasteiger partial charge on any atom is 0.287 e. The van der Waals surface area contributed by atoms with Gasteiger partial charge in [-0.2, -0.15) is 5.10 Å². The lowest BCUT2D eigenvalue weighted by molar-refractivity contribution is 0.290. The Labute approximate surface area is 152 Å². The third-order valence-corrected chi connectivity index (χ3v) is 4.16. The molecule has 0 saturated heterocycles. The molecule has 7 heteroatoms. The highest BCUT2D eigenvalue weighted by Gasteiger charge is 2.09. The zero-order chi connectivity index (χ0) is 18.2. The highest BCUT2D eigenvalue weighted by atomic mass is 35.5. The van der Waals surface area contributed by atoms with Gasteiger partial charge >= 0.3 is 0 Å². The van der Waals surface area contributed by atoms with Gasteiger partial charge in [-0.1, -0.05) is 37.4 Å². The summed E-state index contributed by atoms with van der Waals surface area (Å²) < 4.78 is 6.94. The molecule has 2 N–H and O–H groups in total. The van der Waals surface area contributed by atoms with Gasteiger partial charge in [0.25, 0.3) is 5.56 Å². The van der Waals surface area contributed by atoms with Crippen molar-refractivity contribution >= 4 is 17.3 Å². The number of aromatic nitrogens is 2. The van der Waals surface area contributed by atoms with Crippen molar-refractivity contribution in [2.45, 2.75) is 46.2 Å². The number of aryl methyl sites for hydroxylation is 1. The molecule has 0 aliphatic heterocycles. The monoisotopic (exact) mass is 365 g/mol. The van der Waals surface area contributed by atoms with E-state index in [-0.39, 0.29) is 16.3 Å². The minimum absolute atomic E-state index is 0.116. The second kappa shape index (κ2) is 9.32. The van der Waals surface area contributed by atoms with Crippen molar-refractivity contribution in [1.82, 2.24) is 9.78 Å². The minimum Gasteiger partial charge on any atom is -0.504 e. The lowest BCUT2D eigenvalue weighted by Crippen LogP contribution is -2.23. The molecule has 2 aromatic rings. The predicted octanol–water partition coefficient (Wildman–Crippen LogP) is 3.80. The molecule has 25 heavy (non-hydrogen) atoms. The number of rotatable bonds is 9. The normalized spacial score (nSPS) is 10.7. The zero-order valence-electron chi connectivity index (χ0n) is 14.6. The van der Waals surface area contributed by atoms with Gasteiger partial charge in [0.15, 0.2) is 11.5 Å². The largest absolute Gasteiger partial charge is 0.504 e. The molecule has 2 rings (SSSR count). The molecule has 0 spiro atoms. The number of aromatic hydroxyl groups is 1. The Hall–Kier alpha value is -2.21. The molecule has 0 aliphatic rings. The summed E-state index contributed by atoms with van der Waals surface area (Å²) in [4.78, 5) is 12.0. The van der Waals surface area contributed by atoms with Crippen LogP contribution in [0.3, 0.4) is 0 Å². The van der Waals surface area contributed by atoms with Gasteiger partial charge in [-0.25, -0.2) is 4.68 Å². The Morgan fingerprint density at radius 2 is 2.12 bits per heavy atom.